The maximum atomic E-state index is 14.1. The lowest BCUT2D eigenvalue weighted by molar-refractivity contribution is -0.142. The molecule has 1 aromatic heterocycles. The third-order valence-electron chi connectivity index (χ3n) is 5.35. The summed E-state index contributed by atoms with van der Waals surface area (Å²) in [5.74, 6) is -2.09. The zero-order valence-corrected chi connectivity index (χ0v) is 17.4. The Kier molecular flexibility index (Phi) is 4.92. The first-order valence-electron chi connectivity index (χ1n) is 9.85. The number of amides is 1. The lowest BCUT2D eigenvalue weighted by atomic mass is 9.68. The minimum atomic E-state index is -1.68. The molecule has 2 aliphatic heterocycles. The number of rotatable bonds is 5. The molecule has 1 amide bonds. The van der Waals surface area contributed by atoms with Gasteiger partial charge >= 0.3 is 11.9 Å². The fourth-order valence-corrected chi connectivity index (χ4v) is 4.27. The smallest absolute Gasteiger partial charge is 0.341 e. The molecule has 0 saturated carbocycles. The van der Waals surface area contributed by atoms with E-state index in [1.54, 1.807) is 45.0 Å². The van der Waals surface area contributed by atoms with Crippen LogP contribution in [0, 0.1) is 6.92 Å². The van der Waals surface area contributed by atoms with Gasteiger partial charge in [0.25, 0.3) is 0 Å². The lowest BCUT2D eigenvalue weighted by Gasteiger charge is -2.34. The third-order valence-corrected chi connectivity index (χ3v) is 5.35. The zero-order valence-electron chi connectivity index (χ0n) is 17.4. The van der Waals surface area contributed by atoms with Gasteiger partial charge in [-0.1, -0.05) is 18.2 Å². The van der Waals surface area contributed by atoms with Crippen molar-refractivity contribution in [2.24, 2.45) is 5.73 Å². The first-order chi connectivity index (χ1) is 14.9. The van der Waals surface area contributed by atoms with Gasteiger partial charge < -0.3 is 19.9 Å². The van der Waals surface area contributed by atoms with Gasteiger partial charge in [-0.3, -0.25) is 19.6 Å². The molecule has 0 aliphatic carbocycles. The number of esters is 2. The van der Waals surface area contributed by atoms with Gasteiger partial charge in [-0.25, -0.2) is 4.79 Å². The molecule has 4 rings (SSSR count). The maximum Gasteiger partial charge on any atom is 0.341 e. The van der Waals surface area contributed by atoms with Crippen LogP contribution in [0.4, 0.5) is 5.69 Å². The fraction of sp³-hybridized carbons (Fsp3) is 0.333. The van der Waals surface area contributed by atoms with Gasteiger partial charge in [0.05, 0.1) is 18.8 Å². The Morgan fingerprint density at radius 1 is 1.23 bits per heavy atom. The van der Waals surface area contributed by atoms with Gasteiger partial charge in [0.2, 0.25) is 17.7 Å². The topological polar surface area (TPSA) is 137 Å². The van der Waals surface area contributed by atoms with Gasteiger partial charge in [-0.2, -0.15) is 0 Å². The minimum absolute atomic E-state index is 0.0747. The summed E-state index contributed by atoms with van der Waals surface area (Å²) < 4.78 is 15.9. The lowest BCUT2D eigenvalue weighted by Crippen LogP contribution is -2.49. The van der Waals surface area contributed by atoms with Crippen molar-refractivity contribution in [1.82, 2.24) is 10.2 Å². The molecule has 162 valence electrons. The number of fused-ring (bicyclic) bond motifs is 4. The number of nitrogens with zero attached hydrogens (tertiary/aromatic N) is 2. The summed E-state index contributed by atoms with van der Waals surface area (Å²) in [4.78, 5) is 40.7. The Hall–Kier alpha value is -3.82. The van der Waals surface area contributed by atoms with Gasteiger partial charge in [0, 0.05) is 16.9 Å². The summed E-state index contributed by atoms with van der Waals surface area (Å²) >= 11 is 0. The monoisotopic (exact) mass is 426 g/mol. The molecule has 0 bridgehead atoms. The van der Waals surface area contributed by atoms with Crippen LogP contribution in [0.25, 0.3) is 0 Å². The zero-order chi connectivity index (χ0) is 22.3. The summed E-state index contributed by atoms with van der Waals surface area (Å²) in [5.41, 5.74) is 6.13. The van der Waals surface area contributed by atoms with Crippen LogP contribution in [-0.4, -0.2) is 47.8 Å². The standard InChI is InChI=1S/C21H22N4O6/c1-4-29-14(26)10-25-13-9-7-6-8-12(13)21(20(25)28)15-11(3)23-24-18(15)31-17(22)16(21)19(27)30-5-2/h6-9H,4-5,10,22H2,1-3H3,(H,23,24)/t21-/m1/s1. The summed E-state index contributed by atoms with van der Waals surface area (Å²) in [6.45, 7) is 4.97. The number of ether oxygens (including phenoxy) is 3. The Bertz CT molecular complexity index is 1120. The first kappa shape index (κ1) is 20.5. The molecule has 0 saturated heterocycles. The fourth-order valence-electron chi connectivity index (χ4n) is 4.27. The molecule has 10 nitrogen and oxygen atoms in total. The SMILES string of the molecule is CCOC(=O)CN1C(=O)[C@]2(C(C(=O)OCC)=C(N)Oc3n[nH]c(C)c32)c2ccccc21. The summed E-state index contributed by atoms with van der Waals surface area (Å²) in [6, 6.07) is 6.89. The highest BCUT2D eigenvalue weighted by atomic mass is 16.5. The molecule has 10 heteroatoms. The van der Waals surface area contributed by atoms with Crippen molar-refractivity contribution < 1.29 is 28.6 Å². The summed E-state index contributed by atoms with van der Waals surface area (Å²) in [7, 11) is 0. The molecular formula is C21H22N4O6. The number of aryl methyl sites for hydroxylation is 1. The Labute approximate surface area is 177 Å². The van der Waals surface area contributed by atoms with Crippen LogP contribution < -0.4 is 15.4 Å². The van der Waals surface area contributed by atoms with Crippen LogP contribution >= 0.6 is 0 Å². The number of nitrogens with two attached hydrogens (primary N) is 1. The molecule has 2 aliphatic rings. The molecule has 3 N–H and O–H groups in total. The van der Waals surface area contributed by atoms with E-state index in [0.29, 0.717) is 22.5 Å². The van der Waals surface area contributed by atoms with Gasteiger partial charge in [0.15, 0.2) is 0 Å². The normalized spacial score (nSPS) is 19.2. The first-order valence-corrected chi connectivity index (χ1v) is 9.85. The number of aromatic amines is 1. The van der Waals surface area contributed by atoms with Crippen LogP contribution in [-0.2, 0) is 29.3 Å². The van der Waals surface area contributed by atoms with Crippen molar-refractivity contribution in [3.63, 3.8) is 0 Å². The largest absolute Gasteiger partial charge is 0.465 e. The molecular weight excluding hydrogens is 404 g/mol. The second kappa shape index (κ2) is 7.46. The highest BCUT2D eigenvalue weighted by Gasteiger charge is 2.62. The number of hydrogen-bond acceptors (Lipinski definition) is 8. The molecule has 1 aromatic carbocycles. The number of hydrogen-bond donors (Lipinski definition) is 2. The van der Waals surface area contributed by atoms with E-state index in [1.807, 2.05) is 0 Å². The van der Waals surface area contributed by atoms with Crippen LogP contribution in [0.15, 0.2) is 35.7 Å². The molecule has 0 unspecified atom stereocenters. The molecule has 1 atom stereocenters. The van der Waals surface area contributed by atoms with E-state index in [4.69, 9.17) is 19.9 Å². The Morgan fingerprint density at radius 3 is 2.65 bits per heavy atom. The van der Waals surface area contributed by atoms with Crippen molar-refractivity contribution >= 4 is 23.5 Å². The molecule has 1 spiro atoms. The number of carbonyl (C=O) groups excluding carboxylic acids is 3. The highest BCUT2D eigenvalue weighted by Crippen LogP contribution is 2.55. The number of anilines is 1. The van der Waals surface area contributed by atoms with E-state index in [1.165, 1.54) is 4.90 Å². The molecule has 2 aromatic rings. The van der Waals surface area contributed by atoms with E-state index < -0.39 is 23.3 Å². The van der Waals surface area contributed by atoms with Crippen molar-refractivity contribution in [1.29, 1.82) is 0 Å². The predicted octanol–water partition coefficient (Wildman–Crippen LogP) is 1.04. The van der Waals surface area contributed by atoms with Crippen molar-refractivity contribution in [3.05, 3.63) is 52.5 Å². The molecule has 0 fully saturated rings. The van der Waals surface area contributed by atoms with E-state index >= 15 is 0 Å². The molecule has 31 heavy (non-hydrogen) atoms. The second-order valence-corrected chi connectivity index (χ2v) is 7.05. The third kappa shape index (κ3) is 2.78. The number of nitrogens with one attached hydrogen (secondary N) is 1. The number of para-hydroxylation sites is 1. The van der Waals surface area contributed by atoms with E-state index in [0.717, 1.165) is 0 Å². The average Bonchev–Trinajstić information content (AvgIpc) is 3.20. The van der Waals surface area contributed by atoms with Gasteiger partial charge in [-0.05, 0) is 26.8 Å². The number of aromatic nitrogens is 2. The second-order valence-electron chi connectivity index (χ2n) is 7.05. The van der Waals surface area contributed by atoms with Crippen molar-refractivity contribution in [3.8, 4) is 5.88 Å². The van der Waals surface area contributed by atoms with Crippen molar-refractivity contribution in [2.75, 3.05) is 24.7 Å². The van der Waals surface area contributed by atoms with Crippen LogP contribution in [0.1, 0.15) is 30.7 Å². The summed E-state index contributed by atoms with van der Waals surface area (Å²) in [5, 5.41) is 6.91. The van der Waals surface area contributed by atoms with E-state index in [9.17, 15) is 14.4 Å². The number of carbonyl (C=O) groups is 3. The predicted molar refractivity (Wildman–Crippen MR) is 108 cm³/mol. The number of benzene rings is 1. The minimum Gasteiger partial charge on any atom is -0.465 e. The number of H-pyrrole nitrogens is 1. The van der Waals surface area contributed by atoms with Crippen LogP contribution in [0.3, 0.4) is 0 Å². The quantitative estimate of drug-likeness (QED) is 0.677. The van der Waals surface area contributed by atoms with E-state index in [-0.39, 0.29) is 37.1 Å². The van der Waals surface area contributed by atoms with Crippen LogP contribution in [0.5, 0.6) is 5.88 Å². The molecule has 3 heterocycles. The van der Waals surface area contributed by atoms with Gasteiger partial charge in [-0.15, -0.1) is 5.10 Å². The van der Waals surface area contributed by atoms with Crippen LogP contribution in [0.2, 0.25) is 0 Å². The van der Waals surface area contributed by atoms with Gasteiger partial charge in [0.1, 0.15) is 17.5 Å². The Balaban J connectivity index is 2.02. The van der Waals surface area contributed by atoms with E-state index in [2.05, 4.69) is 10.2 Å². The Morgan fingerprint density at radius 2 is 1.94 bits per heavy atom. The average molecular weight is 426 g/mol. The highest BCUT2D eigenvalue weighted by molar-refractivity contribution is 6.19. The molecule has 0 radical (unpaired) electrons. The summed E-state index contributed by atoms with van der Waals surface area (Å²) in [6.07, 6.45) is 0. The maximum absolute atomic E-state index is 14.1. The van der Waals surface area contributed by atoms with Crippen molar-refractivity contribution in [2.45, 2.75) is 26.2 Å².